The van der Waals surface area contributed by atoms with Gasteiger partial charge < -0.3 is 14.4 Å². The fraction of sp³-hybridized carbons (Fsp3) is 0.435. The van der Waals surface area contributed by atoms with Crippen molar-refractivity contribution in [2.24, 2.45) is 4.99 Å². The van der Waals surface area contributed by atoms with Crippen molar-refractivity contribution in [3.8, 4) is 0 Å². The van der Waals surface area contributed by atoms with Gasteiger partial charge >= 0.3 is 0 Å². The lowest BCUT2D eigenvalue weighted by molar-refractivity contribution is -0.223. The molecule has 0 N–H and O–H groups in total. The summed E-state index contributed by atoms with van der Waals surface area (Å²) < 4.78 is 12.0. The molecule has 1 saturated heterocycles. The Kier molecular flexibility index (Phi) is 5.98. The van der Waals surface area contributed by atoms with Crippen LogP contribution in [0.5, 0.6) is 0 Å². The smallest absolute Gasteiger partial charge is 0.140 e. The maximum atomic E-state index is 6.41. The molecule has 0 radical (unpaired) electrons. The molecule has 2 aromatic carbocycles. The molecule has 1 aliphatic rings. The zero-order chi connectivity index (χ0) is 19.4. The van der Waals surface area contributed by atoms with Crippen molar-refractivity contribution in [3.05, 3.63) is 64.2 Å². The van der Waals surface area contributed by atoms with Crippen LogP contribution >= 0.6 is 0 Å². The number of hydrogen-bond acceptors (Lipinski definition) is 3. The topological polar surface area (TPSA) is 34.1 Å². The van der Waals surface area contributed by atoms with E-state index in [1.165, 1.54) is 22.3 Å². The maximum Gasteiger partial charge on any atom is 0.140 e. The Labute approximate surface area is 162 Å². The first kappa shape index (κ1) is 19.6. The average molecular weight is 367 g/mol. The first-order chi connectivity index (χ1) is 12.9. The summed E-state index contributed by atoms with van der Waals surface area (Å²) in [5.74, 6) is 0. The third kappa shape index (κ3) is 4.40. The molecule has 0 amide bonds. The van der Waals surface area contributed by atoms with Gasteiger partial charge in [0.15, 0.2) is 0 Å². The fourth-order valence-corrected chi connectivity index (χ4v) is 3.30. The molecule has 0 spiro atoms. The van der Waals surface area contributed by atoms with Crippen molar-refractivity contribution in [2.45, 2.75) is 39.9 Å². The minimum absolute atomic E-state index is 0.360. The highest BCUT2D eigenvalue weighted by Crippen LogP contribution is 2.39. The second-order valence-electron chi connectivity index (χ2n) is 7.54. The highest BCUT2D eigenvalue weighted by Gasteiger charge is 2.43. The minimum Gasteiger partial charge on any atom is -0.375 e. The first-order valence-electron chi connectivity index (χ1n) is 9.57. The molecule has 1 aliphatic heterocycles. The molecule has 4 nitrogen and oxygen atoms in total. The Morgan fingerprint density at radius 2 is 1.93 bits per heavy atom. The predicted octanol–water partition coefficient (Wildman–Crippen LogP) is 4.67. The van der Waals surface area contributed by atoms with Gasteiger partial charge in [0.25, 0.3) is 0 Å². The molecule has 0 saturated carbocycles. The van der Waals surface area contributed by atoms with Crippen molar-refractivity contribution in [1.82, 2.24) is 4.90 Å². The SMILES string of the molecule is CCN(C)C=Nc1cc(C)c(C2(OCc3cccc(C)c3)COC2)cc1C. The average Bonchev–Trinajstić information content (AvgIpc) is 2.61. The van der Waals surface area contributed by atoms with Crippen LogP contribution in [-0.4, -0.2) is 38.0 Å². The number of rotatable bonds is 7. The van der Waals surface area contributed by atoms with Gasteiger partial charge in [-0.25, -0.2) is 4.99 Å². The third-order valence-corrected chi connectivity index (χ3v) is 5.19. The van der Waals surface area contributed by atoms with E-state index in [0.29, 0.717) is 19.8 Å². The van der Waals surface area contributed by atoms with Gasteiger partial charge in [0.1, 0.15) is 5.60 Å². The molecule has 1 heterocycles. The molecule has 2 aromatic rings. The summed E-state index contributed by atoms with van der Waals surface area (Å²) in [5.41, 5.74) is 6.65. The van der Waals surface area contributed by atoms with E-state index in [1.54, 1.807) is 0 Å². The van der Waals surface area contributed by atoms with Gasteiger partial charge in [0.2, 0.25) is 0 Å². The van der Waals surface area contributed by atoms with Crippen molar-refractivity contribution >= 4 is 12.0 Å². The number of ether oxygens (including phenoxy) is 2. The minimum atomic E-state index is -0.360. The van der Waals surface area contributed by atoms with Gasteiger partial charge in [-0.3, -0.25) is 0 Å². The summed E-state index contributed by atoms with van der Waals surface area (Å²) in [7, 11) is 2.03. The van der Waals surface area contributed by atoms with Gasteiger partial charge in [0.05, 0.1) is 31.8 Å². The molecular formula is C23H30N2O2. The van der Waals surface area contributed by atoms with E-state index in [1.807, 2.05) is 13.4 Å². The molecule has 3 rings (SSSR count). The van der Waals surface area contributed by atoms with Gasteiger partial charge in [-0.15, -0.1) is 0 Å². The van der Waals surface area contributed by atoms with E-state index in [2.05, 4.69) is 74.0 Å². The van der Waals surface area contributed by atoms with Gasteiger partial charge in [-0.05, 0) is 56.0 Å². The third-order valence-electron chi connectivity index (χ3n) is 5.19. The van der Waals surface area contributed by atoms with Crippen LogP contribution in [0.1, 0.15) is 34.7 Å². The van der Waals surface area contributed by atoms with Crippen LogP contribution in [0.15, 0.2) is 41.4 Å². The molecular weight excluding hydrogens is 336 g/mol. The summed E-state index contributed by atoms with van der Waals surface area (Å²) in [6, 6.07) is 12.8. The van der Waals surface area contributed by atoms with Crippen molar-refractivity contribution in [3.63, 3.8) is 0 Å². The maximum absolute atomic E-state index is 6.41. The largest absolute Gasteiger partial charge is 0.375 e. The van der Waals surface area contributed by atoms with Gasteiger partial charge in [0, 0.05) is 13.6 Å². The Morgan fingerprint density at radius 3 is 2.56 bits per heavy atom. The zero-order valence-electron chi connectivity index (χ0n) is 17.1. The second-order valence-corrected chi connectivity index (χ2v) is 7.54. The number of benzene rings is 2. The van der Waals surface area contributed by atoms with Crippen molar-refractivity contribution in [2.75, 3.05) is 26.8 Å². The summed E-state index contributed by atoms with van der Waals surface area (Å²) in [4.78, 5) is 6.70. The van der Waals surface area contributed by atoms with Crippen molar-refractivity contribution in [1.29, 1.82) is 0 Å². The Balaban J connectivity index is 1.82. The lowest BCUT2D eigenvalue weighted by Crippen LogP contribution is -2.49. The molecule has 0 atom stereocenters. The van der Waals surface area contributed by atoms with Crippen LogP contribution in [0, 0.1) is 20.8 Å². The van der Waals surface area contributed by atoms with Gasteiger partial charge in [-0.1, -0.05) is 35.9 Å². The fourth-order valence-electron chi connectivity index (χ4n) is 3.30. The normalized spacial score (nSPS) is 15.7. The summed E-state index contributed by atoms with van der Waals surface area (Å²) in [5, 5.41) is 0. The highest BCUT2D eigenvalue weighted by atomic mass is 16.6. The van der Waals surface area contributed by atoms with Crippen LogP contribution in [0.3, 0.4) is 0 Å². The Bertz CT molecular complexity index is 825. The molecule has 0 bridgehead atoms. The lowest BCUT2D eigenvalue weighted by Gasteiger charge is -2.42. The predicted molar refractivity (Wildman–Crippen MR) is 111 cm³/mol. The summed E-state index contributed by atoms with van der Waals surface area (Å²) in [6.45, 7) is 11.2. The van der Waals surface area contributed by atoms with Crippen molar-refractivity contribution < 1.29 is 9.47 Å². The molecule has 0 aromatic heterocycles. The Morgan fingerprint density at radius 1 is 1.15 bits per heavy atom. The number of aliphatic imine (C=N–C) groups is 1. The number of nitrogens with zero attached hydrogens (tertiary/aromatic N) is 2. The number of hydrogen-bond donors (Lipinski definition) is 0. The molecule has 4 heteroatoms. The summed E-state index contributed by atoms with van der Waals surface area (Å²) >= 11 is 0. The summed E-state index contributed by atoms with van der Waals surface area (Å²) in [6.07, 6.45) is 1.89. The van der Waals surface area contributed by atoms with E-state index < -0.39 is 0 Å². The van der Waals surface area contributed by atoms with Crippen LogP contribution in [0.4, 0.5) is 5.69 Å². The second kappa shape index (κ2) is 8.24. The van der Waals surface area contributed by atoms with Crippen LogP contribution in [0.25, 0.3) is 0 Å². The molecule has 144 valence electrons. The number of aryl methyl sites for hydroxylation is 3. The van der Waals surface area contributed by atoms with Crippen LogP contribution in [0.2, 0.25) is 0 Å². The van der Waals surface area contributed by atoms with E-state index in [9.17, 15) is 0 Å². The molecule has 1 fully saturated rings. The highest BCUT2D eigenvalue weighted by molar-refractivity contribution is 5.64. The van der Waals surface area contributed by atoms with Crippen LogP contribution in [-0.2, 0) is 21.7 Å². The van der Waals surface area contributed by atoms with E-state index in [4.69, 9.17) is 9.47 Å². The molecule has 27 heavy (non-hydrogen) atoms. The quantitative estimate of drug-likeness (QED) is 0.528. The molecule has 0 unspecified atom stereocenters. The van der Waals surface area contributed by atoms with Gasteiger partial charge in [-0.2, -0.15) is 0 Å². The standard InChI is InChI=1S/C23H30N2O2/c1-6-25(5)16-24-22-12-18(3)21(11-19(22)4)23(14-26-15-23)27-13-20-9-7-8-17(2)10-20/h7-12,16H,6,13-15H2,1-5H3. The van der Waals surface area contributed by atoms with E-state index in [0.717, 1.165) is 17.8 Å². The van der Waals surface area contributed by atoms with E-state index in [-0.39, 0.29) is 5.60 Å². The first-order valence-corrected chi connectivity index (χ1v) is 9.57. The van der Waals surface area contributed by atoms with Crippen LogP contribution < -0.4 is 0 Å². The Hall–Kier alpha value is -2.17. The zero-order valence-corrected chi connectivity index (χ0v) is 17.1. The monoisotopic (exact) mass is 366 g/mol. The van der Waals surface area contributed by atoms with E-state index >= 15 is 0 Å². The lowest BCUT2D eigenvalue weighted by atomic mass is 9.86. The molecule has 0 aliphatic carbocycles.